The van der Waals surface area contributed by atoms with Gasteiger partial charge in [-0.2, -0.15) is 0 Å². The molecule has 0 unspecified atom stereocenters. The summed E-state index contributed by atoms with van der Waals surface area (Å²) in [5.74, 6) is 0.988. The monoisotopic (exact) mass is 202 g/mol. The maximum atomic E-state index is 5.69. The van der Waals surface area contributed by atoms with E-state index in [9.17, 15) is 0 Å². The molecule has 0 bridgehead atoms. The minimum absolute atomic E-state index is 0.711. The van der Waals surface area contributed by atoms with E-state index in [1.165, 1.54) is 12.8 Å². The first kappa shape index (κ1) is 8.80. The van der Waals surface area contributed by atoms with Gasteiger partial charge in [0, 0.05) is 23.2 Å². The first-order valence-electron chi connectivity index (χ1n) is 5.32. The van der Waals surface area contributed by atoms with Crippen molar-refractivity contribution in [2.45, 2.75) is 25.4 Å². The number of benzene rings is 1. The zero-order chi connectivity index (χ0) is 10.3. The number of nitrogens with one attached hydrogen (secondary N) is 1. The predicted octanol–water partition coefficient (Wildman–Crippen LogP) is 2.27. The topological polar surface area (TPSA) is 51.2 Å². The maximum Gasteiger partial charge on any atom is 0.136 e. The number of fused-ring (bicyclic) bond motifs is 1. The molecule has 0 spiro atoms. The third kappa shape index (κ3) is 1.83. The quantitative estimate of drug-likeness (QED) is 0.751. The summed E-state index contributed by atoms with van der Waals surface area (Å²) in [6, 6.07) is 8.55. The highest BCUT2D eigenvalue weighted by Gasteiger charge is 2.20. The molecule has 1 saturated carbocycles. The van der Waals surface area contributed by atoms with E-state index in [0.29, 0.717) is 6.04 Å². The van der Waals surface area contributed by atoms with E-state index >= 15 is 0 Å². The molecule has 0 saturated heterocycles. The Kier molecular flexibility index (Phi) is 1.92. The Bertz CT molecular complexity index is 485. The van der Waals surface area contributed by atoms with Gasteiger partial charge in [0.25, 0.3) is 0 Å². The van der Waals surface area contributed by atoms with Gasteiger partial charge < -0.3 is 15.5 Å². The molecule has 15 heavy (non-hydrogen) atoms. The maximum absolute atomic E-state index is 5.69. The van der Waals surface area contributed by atoms with Gasteiger partial charge in [-0.3, -0.25) is 0 Å². The lowest BCUT2D eigenvalue weighted by Gasteiger charge is -1.96. The first-order valence-corrected chi connectivity index (χ1v) is 5.32. The molecule has 1 fully saturated rings. The minimum Gasteiger partial charge on any atom is -0.460 e. The number of anilines is 1. The molecule has 0 radical (unpaired) electrons. The largest absolute Gasteiger partial charge is 0.460 e. The second-order valence-corrected chi connectivity index (χ2v) is 4.17. The van der Waals surface area contributed by atoms with Crippen molar-refractivity contribution in [3.05, 3.63) is 30.0 Å². The van der Waals surface area contributed by atoms with Crippen molar-refractivity contribution in [2.24, 2.45) is 0 Å². The number of rotatable bonds is 3. The number of hydrogen-bond donors (Lipinski definition) is 2. The molecule has 1 aliphatic rings. The van der Waals surface area contributed by atoms with Crippen LogP contribution >= 0.6 is 0 Å². The Labute approximate surface area is 88.3 Å². The van der Waals surface area contributed by atoms with Gasteiger partial charge in [0.2, 0.25) is 0 Å². The van der Waals surface area contributed by atoms with E-state index in [-0.39, 0.29) is 0 Å². The fourth-order valence-electron chi connectivity index (χ4n) is 1.72. The molecule has 78 valence electrons. The summed E-state index contributed by atoms with van der Waals surface area (Å²) in [5, 5.41) is 4.55. The van der Waals surface area contributed by atoms with Crippen molar-refractivity contribution < 1.29 is 4.42 Å². The highest BCUT2D eigenvalue weighted by molar-refractivity contribution is 5.81. The van der Waals surface area contributed by atoms with Crippen LogP contribution in [-0.4, -0.2) is 6.04 Å². The average Bonchev–Trinajstić information content (AvgIpc) is 2.95. The van der Waals surface area contributed by atoms with Crippen molar-refractivity contribution in [1.29, 1.82) is 0 Å². The molecular formula is C12H14N2O. The highest BCUT2D eigenvalue weighted by atomic mass is 16.3. The molecule has 3 heteroatoms. The van der Waals surface area contributed by atoms with E-state index in [4.69, 9.17) is 10.2 Å². The van der Waals surface area contributed by atoms with E-state index in [0.717, 1.165) is 29.0 Å². The third-order valence-corrected chi connectivity index (χ3v) is 2.74. The Hall–Kier alpha value is -1.48. The SMILES string of the molecule is Nc1ccc2cc(CNC3CC3)oc2c1. The summed E-state index contributed by atoms with van der Waals surface area (Å²) in [7, 11) is 0. The zero-order valence-corrected chi connectivity index (χ0v) is 8.49. The van der Waals surface area contributed by atoms with Gasteiger partial charge in [0.1, 0.15) is 11.3 Å². The van der Waals surface area contributed by atoms with E-state index < -0.39 is 0 Å². The van der Waals surface area contributed by atoms with Crippen molar-refractivity contribution in [1.82, 2.24) is 5.32 Å². The number of furan rings is 1. The summed E-state index contributed by atoms with van der Waals surface area (Å²) < 4.78 is 5.68. The van der Waals surface area contributed by atoms with Crippen LogP contribution < -0.4 is 11.1 Å². The van der Waals surface area contributed by atoms with Gasteiger partial charge in [-0.05, 0) is 31.0 Å². The molecule has 2 aromatic rings. The van der Waals surface area contributed by atoms with Crippen molar-refractivity contribution in [3.63, 3.8) is 0 Å². The molecule has 1 aromatic heterocycles. The van der Waals surface area contributed by atoms with Gasteiger partial charge in [-0.25, -0.2) is 0 Å². The summed E-state index contributed by atoms with van der Waals surface area (Å²) in [6.07, 6.45) is 2.60. The molecule has 0 aliphatic heterocycles. The summed E-state index contributed by atoms with van der Waals surface area (Å²) in [5.41, 5.74) is 7.32. The van der Waals surface area contributed by atoms with Gasteiger partial charge >= 0.3 is 0 Å². The Morgan fingerprint density at radius 1 is 1.33 bits per heavy atom. The second kappa shape index (κ2) is 3.28. The van der Waals surface area contributed by atoms with Gasteiger partial charge in [0.15, 0.2) is 0 Å². The molecule has 0 amide bonds. The standard InChI is InChI=1S/C12H14N2O/c13-9-2-1-8-5-11(15-12(8)6-9)7-14-10-3-4-10/h1-2,5-6,10,14H,3-4,7,13H2. The van der Waals surface area contributed by atoms with Crippen LogP contribution in [0.25, 0.3) is 11.0 Å². The fraction of sp³-hybridized carbons (Fsp3) is 0.333. The van der Waals surface area contributed by atoms with Crippen molar-refractivity contribution in [2.75, 3.05) is 5.73 Å². The molecule has 1 heterocycles. The normalized spacial score (nSPS) is 16.0. The Morgan fingerprint density at radius 2 is 2.20 bits per heavy atom. The fourth-order valence-corrected chi connectivity index (χ4v) is 1.72. The van der Waals surface area contributed by atoms with Crippen LogP contribution in [-0.2, 0) is 6.54 Å². The summed E-state index contributed by atoms with van der Waals surface area (Å²) in [6.45, 7) is 0.819. The summed E-state index contributed by atoms with van der Waals surface area (Å²) >= 11 is 0. The number of nitrogen functional groups attached to an aromatic ring is 1. The lowest BCUT2D eigenvalue weighted by atomic mass is 10.2. The van der Waals surface area contributed by atoms with Crippen LogP contribution in [0, 0.1) is 0 Å². The number of nitrogens with two attached hydrogens (primary N) is 1. The van der Waals surface area contributed by atoms with Crippen LogP contribution in [0.3, 0.4) is 0 Å². The molecular weight excluding hydrogens is 188 g/mol. The van der Waals surface area contributed by atoms with E-state index in [1.54, 1.807) is 0 Å². The minimum atomic E-state index is 0.711. The van der Waals surface area contributed by atoms with Gasteiger partial charge in [-0.1, -0.05) is 0 Å². The van der Waals surface area contributed by atoms with Crippen LogP contribution in [0.1, 0.15) is 18.6 Å². The molecule has 3 N–H and O–H groups in total. The van der Waals surface area contributed by atoms with Crippen LogP contribution in [0.15, 0.2) is 28.7 Å². The Balaban J connectivity index is 1.84. The molecule has 3 nitrogen and oxygen atoms in total. The lowest BCUT2D eigenvalue weighted by Crippen LogP contribution is -2.14. The van der Waals surface area contributed by atoms with Gasteiger partial charge in [0.05, 0.1) is 6.54 Å². The first-order chi connectivity index (χ1) is 7.31. The van der Waals surface area contributed by atoms with Crippen LogP contribution in [0.5, 0.6) is 0 Å². The third-order valence-electron chi connectivity index (χ3n) is 2.74. The highest BCUT2D eigenvalue weighted by Crippen LogP contribution is 2.23. The summed E-state index contributed by atoms with van der Waals surface area (Å²) in [4.78, 5) is 0. The van der Waals surface area contributed by atoms with Crippen molar-refractivity contribution >= 4 is 16.7 Å². The van der Waals surface area contributed by atoms with Crippen LogP contribution in [0.2, 0.25) is 0 Å². The van der Waals surface area contributed by atoms with Crippen molar-refractivity contribution in [3.8, 4) is 0 Å². The van der Waals surface area contributed by atoms with Crippen LogP contribution in [0.4, 0.5) is 5.69 Å². The lowest BCUT2D eigenvalue weighted by molar-refractivity contribution is 0.512. The predicted molar refractivity (Wildman–Crippen MR) is 60.5 cm³/mol. The van der Waals surface area contributed by atoms with E-state index in [2.05, 4.69) is 11.4 Å². The molecule has 3 rings (SSSR count). The smallest absolute Gasteiger partial charge is 0.136 e. The van der Waals surface area contributed by atoms with Gasteiger partial charge in [-0.15, -0.1) is 0 Å². The number of hydrogen-bond acceptors (Lipinski definition) is 3. The molecule has 0 atom stereocenters. The second-order valence-electron chi connectivity index (χ2n) is 4.17. The molecule has 1 aliphatic carbocycles. The Morgan fingerprint density at radius 3 is 3.00 bits per heavy atom. The molecule has 1 aromatic carbocycles. The average molecular weight is 202 g/mol. The van der Waals surface area contributed by atoms with E-state index in [1.807, 2.05) is 18.2 Å². The zero-order valence-electron chi connectivity index (χ0n) is 8.49.